The Kier molecular flexibility index (Phi) is 3.98. The van der Waals surface area contributed by atoms with Crippen molar-refractivity contribution in [1.82, 2.24) is 4.90 Å². The van der Waals surface area contributed by atoms with E-state index in [0.717, 1.165) is 5.92 Å². The standard InChI is InChI=1S/C12H23N/c1-5-6-7-11-8-12(10(2)3)13(4)9-11/h8,10,12H,5-7,9H2,1-4H3. The average molecular weight is 181 g/mol. The molecule has 0 spiro atoms. The molecule has 1 atom stereocenters. The zero-order valence-corrected chi connectivity index (χ0v) is 9.51. The molecule has 0 aromatic rings. The highest BCUT2D eigenvalue weighted by Crippen LogP contribution is 2.23. The van der Waals surface area contributed by atoms with Crippen LogP contribution in [0.4, 0.5) is 0 Å². The van der Waals surface area contributed by atoms with Crippen molar-refractivity contribution in [1.29, 1.82) is 0 Å². The minimum absolute atomic E-state index is 0.687. The lowest BCUT2D eigenvalue weighted by Gasteiger charge is -2.22. The van der Waals surface area contributed by atoms with Gasteiger partial charge >= 0.3 is 0 Å². The fourth-order valence-corrected chi connectivity index (χ4v) is 2.11. The van der Waals surface area contributed by atoms with E-state index in [1.54, 1.807) is 5.57 Å². The van der Waals surface area contributed by atoms with Crippen LogP contribution in [0, 0.1) is 5.92 Å². The van der Waals surface area contributed by atoms with E-state index in [-0.39, 0.29) is 0 Å². The van der Waals surface area contributed by atoms with Crippen LogP contribution >= 0.6 is 0 Å². The Balaban J connectivity index is 2.46. The molecule has 1 unspecified atom stereocenters. The molecule has 0 N–H and O–H groups in total. The van der Waals surface area contributed by atoms with E-state index in [1.165, 1.54) is 25.8 Å². The van der Waals surface area contributed by atoms with Crippen LogP contribution in [0.25, 0.3) is 0 Å². The van der Waals surface area contributed by atoms with Gasteiger partial charge in [0.2, 0.25) is 0 Å². The van der Waals surface area contributed by atoms with Gasteiger partial charge in [0, 0.05) is 12.6 Å². The molecule has 1 rings (SSSR count). The maximum atomic E-state index is 2.49. The molecule has 1 heterocycles. The zero-order chi connectivity index (χ0) is 9.84. The normalized spacial score (nSPS) is 24.1. The van der Waals surface area contributed by atoms with E-state index in [2.05, 4.69) is 38.8 Å². The molecule has 0 saturated carbocycles. The van der Waals surface area contributed by atoms with E-state index < -0.39 is 0 Å². The SMILES string of the molecule is CCCCC1=CC(C(C)C)N(C)C1. The van der Waals surface area contributed by atoms with Gasteiger partial charge in [-0.25, -0.2) is 0 Å². The maximum absolute atomic E-state index is 2.49. The summed E-state index contributed by atoms with van der Waals surface area (Å²) in [4.78, 5) is 2.47. The van der Waals surface area contributed by atoms with Crippen molar-refractivity contribution >= 4 is 0 Å². The van der Waals surface area contributed by atoms with Crippen LogP contribution in [0.15, 0.2) is 11.6 Å². The zero-order valence-electron chi connectivity index (χ0n) is 9.51. The molecule has 0 aromatic heterocycles. The van der Waals surface area contributed by atoms with Crippen LogP contribution in [0.2, 0.25) is 0 Å². The molecule has 0 amide bonds. The fourth-order valence-electron chi connectivity index (χ4n) is 2.11. The van der Waals surface area contributed by atoms with Gasteiger partial charge < -0.3 is 0 Å². The minimum atomic E-state index is 0.687. The summed E-state index contributed by atoms with van der Waals surface area (Å²) in [6.07, 6.45) is 6.46. The van der Waals surface area contributed by atoms with Crippen LogP contribution in [-0.4, -0.2) is 24.5 Å². The average Bonchev–Trinajstić information content (AvgIpc) is 2.43. The summed E-state index contributed by atoms with van der Waals surface area (Å²) >= 11 is 0. The third kappa shape index (κ3) is 2.84. The first kappa shape index (κ1) is 10.8. The highest BCUT2D eigenvalue weighted by Gasteiger charge is 2.23. The van der Waals surface area contributed by atoms with Crippen LogP contribution in [0.5, 0.6) is 0 Å². The van der Waals surface area contributed by atoms with Gasteiger partial charge in [-0.3, -0.25) is 4.90 Å². The second kappa shape index (κ2) is 4.80. The quantitative estimate of drug-likeness (QED) is 0.602. The Labute approximate surface area is 82.8 Å². The Hall–Kier alpha value is -0.300. The smallest absolute Gasteiger partial charge is 0.0304 e. The summed E-state index contributed by atoms with van der Waals surface area (Å²) < 4.78 is 0. The van der Waals surface area contributed by atoms with Crippen molar-refractivity contribution in [3.8, 4) is 0 Å². The molecule has 0 aliphatic carbocycles. The third-order valence-electron chi connectivity index (χ3n) is 2.90. The number of rotatable bonds is 4. The predicted molar refractivity (Wildman–Crippen MR) is 58.9 cm³/mol. The summed E-state index contributed by atoms with van der Waals surface area (Å²) in [5.41, 5.74) is 1.66. The molecular weight excluding hydrogens is 158 g/mol. The van der Waals surface area contributed by atoms with Crippen LogP contribution < -0.4 is 0 Å². The Morgan fingerprint density at radius 1 is 1.54 bits per heavy atom. The van der Waals surface area contributed by atoms with E-state index in [9.17, 15) is 0 Å². The fraction of sp³-hybridized carbons (Fsp3) is 0.833. The van der Waals surface area contributed by atoms with Crippen molar-refractivity contribution in [3.05, 3.63) is 11.6 Å². The van der Waals surface area contributed by atoms with Gasteiger partial charge in [-0.05, 0) is 25.8 Å². The van der Waals surface area contributed by atoms with Gasteiger partial charge in [-0.2, -0.15) is 0 Å². The Morgan fingerprint density at radius 3 is 2.69 bits per heavy atom. The molecule has 13 heavy (non-hydrogen) atoms. The summed E-state index contributed by atoms with van der Waals surface area (Å²) in [6, 6.07) is 0.687. The lowest BCUT2D eigenvalue weighted by Crippen LogP contribution is -2.30. The van der Waals surface area contributed by atoms with Crippen molar-refractivity contribution in [3.63, 3.8) is 0 Å². The van der Waals surface area contributed by atoms with E-state index in [0.29, 0.717) is 6.04 Å². The molecule has 76 valence electrons. The minimum Gasteiger partial charge on any atom is -0.296 e. The van der Waals surface area contributed by atoms with Gasteiger partial charge in [-0.15, -0.1) is 0 Å². The number of likely N-dealkylation sites (N-methyl/N-ethyl adjacent to an activating group) is 1. The lowest BCUT2D eigenvalue weighted by atomic mass is 10.0. The first-order chi connectivity index (χ1) is 6.15. The molecule has 0 saturated heterocycles. The van der Waals surface area contributed by atoms with E-state index in [1.807, 2.05) is 0 Å². The number of nitrogens with zero attached hydrogens (tertiary/aromatic N) is 1. The van der Waals surface area contributed by atoms with E-state index in [4.69, 9.17) is 0 Å². The summed E-state index contributed by atoms with van der Waals surface area (Å²) in [5.74, 6) is 0.754. The van der Waals surface area contributed by atoms with Gasteiger partial charge in [0.05, 0.1) is 0 Å². The molecule has 0 aromatic carbocycles. The largest absolute Gasteiger partial charge is 0.296 e. The second-order valence-electron chi connectivity index (χ2n) is 4.58. The molecule has 0 bridgehead atoms. The molecule has 1 heteroatoms. The first-order valence-corrected chi connectivity index (χ1v) is 5.55. The number of hydrogen-bond donors (Lipinski definition) is 0. The van der Waals surface area contributed by atoms with Gasteiger partial charge in [0.1, 0.15) is 0 Å². The molecule has 1 aliphatic heterocycles. The number of hydrogen-bond acceptors (Lipinski definition) is 1. The van der Waals surface area contributed by atoms with Crippen molar-refractivity contribution in [2.45, 2.75) is 46.1 Å². The van der Waals surface area contributed by atoms with E-state index >= 15 is 0 Å². The Morgan fingerprint density at radius 2 is 2.23 bits per heavy atom. The highest BCUT2D eigenvalue weighted by atomic mass is 15.1. The second-order valence-corrected chi connectivity index (χ2v) is 4.58. The summed E-state index contributed by atoms with van der Waals surface area (Å²) in [7, 11) is 2.24. The van der Waals surface area contributed by atoms with Crippen LogP contribution in [0.1, 0.15) is 40.0 Å². The van der Waals surface area contributed by atoms with Crippen molar-refractivity contribution < 1.29 is 0 Å². The lowest BCUT2D eigenvalue weighted by molar-refractivity contribution is 0.272. The van der Waals surface area contributed by atoms with Gasteiger partial charge in [-0.1, -0.05) is 38.8 Å². The highest BCUT2D eigenvalue weighted by molar-refractivity contribution is 5.16. The predicted octanol–water partition coefficient (Wildman–Crippen LogP) is 3.07. The van der Waals surface area contributed by atoms with Gasteiger partial charge in [0.15, 0.2) is 0 Å². The molecule has 0 radical (unpaired) electrons. The van der Waals surface area contributed by atoms with Crippen molar-refractivity contribution in [2.75, 3.05) is 13.6 Å². The topological polar surface area (TPSA) is 3.24 Å². The summed E-state index contributed by atoms with van der Waals surface area (Å²) in [5, 5.41) is 0. The van der Waals surface area contributed by atoms with Gasteiger partial charge in [0.25, 0.3) is 0 Å². The van der Waals surface area contributed by atoms with Crippen LogP contribution in [-0.2, 0) is 0 Å². The molecular formula is C12H23N. The number of unbranched alkanes of at least 4 members (excludes halogenated alkanes) is 1. The first-order valence-electron chi connectivity index (χ1n) is 5.55. The molecule has 1 nitrogen and oxygen atoms in total. The molecule has 0 fully saturated rings. The third-order valence-corrected chi connectivity index (χ3v) is 2.90. The molecule has 1 aliphatic rings. The van der Waals surface area contributed by atoms with Crippen LogP contribution in [0.3, 0.4) is 0 Å². The Bertz CT molecular complexity index is 182. The summed E-state index contributed by atoms with van der Waals surface area (Å²) in [6.45, 7) is 8.07. The van der Waals surface area contributed by atoms with Crippen molar-refractivity contribution in [2.24, 2.45) is 5.92 Å². The maximum Gasteiger partial charge on any atom is 0.0304 e. The monoisotopic (exact) mass is 181 g/mol.